The molecule has 0 saturated carbocycles. The van der Waals surface area contributed by atoms with Crippen molar-refractivity contribution >= 4 is 17.7 Å². The number of thioether (sulfide) groups is 1. The molecule has 0 unspecified atom stereocenters. The Balaban J connectivity index is 1.33. The molecule has 0 radical (unpaired) electrons. The van der Waals surface area contributed by atoms with Gasteiger partial charge in [0.15, 0.2) is 0 Å². The highest BCUT2D eigenvalue weighted by atomic mass is 32.2. The summed E-state index contributed by atoms with van der Waals surface area (Å²) in [6.45, 7) is 6.97. The van der Waals surface area contributed by atoms with Gasteiger partial charge in [-0.1, -0.05) is 18.2 Å². The van der Waals surface area contributed by atoms with Gasteiger partial charge in [-0.25, -0.2) is 0 Å². The van der Waals surface area contributed by atoms with E-state index in [1.807, 2.05) is 18.2 Å². The molecular weight excluding hydrogens is 320 g/mol. The van der Waals surface area contributed by atoms with Crippen LogP contribution >= 0.6 is 11.8 Å². The number of nitrogens with zero attached hydrogens (tertiary/aromatic N) is 2. The number of ether oxygens (including phenoxy) is 1. The van der Waals surface area contributed by atoms with Crippen molar-refractivity contribution in [3.05, 3.63) is 30.3 Å². The summed E-state index contributed by atoms with van der Waals surface area (Å²) in [5.41, 5.74) is 0. The molecule has 4 nitrogen and oxygen atoms in total. The SMILES string of the molecule is O=C(CSc1ccccc1)N1CCC(CCN2CCOCC2)CC1. The molecule has 1 amide bonds. The lowest BCUT2D eigenvalue weighted by atomic mass is 9.93. The molecule has 24 heavy (non-hydrogen) atoms. The fourth-order valence-electron chi connectivity index (χ4n) is 3.41. The topological polar surface area (TPSA) is 32.8 Å². The van der Waals surface area contributed by atoms with Crippen molar-refractivity contribution < 1.29 is 9.53 Å². The molecule has 2 saturated heterocycles. The highest BCUT2D eigenvalue weighted by Gasteiger charge is 2.23. The lowest BCUT2D eigenvalue weighted by molar-refractivity contribution is -0.129. The van der Waals surface area contributed by atoms with Crippen LogP contribution in [0.25, 0.3) is 0 Å². The number of carbonyl (C=O) groups is 1. The minimum atomic E-state index is 0.287. The summed E-state index contributed by atoms with van der Waals surface area (Å²) in [7, 11) is 0. The average Bonchev–Trinajstić information content (AvgIpc) is 2.66. The third kappa shape index (κ3) is 5.50. The molecule has 0 aliphatic carbocycles. The second-order valence-electron chi connectivity index (χ2n) is 6.67. The molecule has 0 bridgehead atoms. The Morgan fingerprint density at radius 1 is 1.08 bits per heavy atom. The van der Waals surface area contributed by atoms with Crippen LogP contribution in [-0.2, 0) is 9.53 Å². The number of hydrogen-bond donors (Lipinski definition) is 0. The molecule has 2 heterocycles. The Morgan fingerprint density at radius 3 is 2.50 bits per heavy atom. The van der Waals surface area contributed by atoms with Gasteiger partial charge in [0.1, 0.15) is 0 Å². The van der Waals surface area contributed by atoms with Gasteiger partial charge in [0.25, 0.3) is 0 Å². The van der Waals surface area contributed by atoms with E-state index < -0.39 is 0 Å². The first kappa shape index (κ1) is 17.8. The van der Waals surface area contributed by atoms with Crippen LogP contribution in [0.3, 0.4) is 0 Å². The molecule has 5 heteroatoms. The highest BCUT2D eigenvalue weighted by molar-refractivity contribution is 8.00. The molecule has 3 rings (SSSR count). The van der Waals surface area contributed by atoms with Gasteiger partial charge in [-0.3, -0.25) is 9.69 Å². The molecule has 1 aromatic carbocycles. The van der Waals surface area contributed by atoms with Gasteiger partial charge in [-0.2, -0.15) is 0 Å². The second kappa shape index (κ2) is 9.44. The normalized spacial score (nSPS) is 20.2. The van der Waals surface area contributed by atoms with Crippen molar-refractivity contribution in [2.45, 2.75) is 24.2 Å². The third-order valence-electron chi connectivity index (χ3n) is 5.03. The molecule has 2 aliphatic rings. The quantitative estimate of drug-likeness (QED) is 0.740. The first-order valence-electron chi connectivity index (χ1n) is 9.07. The van der Waals surface area contributed by atoms with Gasteiger partial charge in [-0.15, -0.1) is 11.8 Å². The summed E-state index contributed by atoms with van der Waals surface area (Å²) >= 11 is 1.64. The molecule has 2 fully saturated rings. The van der Waals surface area contributed by atoms with E-state index in [0.717, 1.165) is 58.2 Å². The number of hydrogen-bond acceptors (Lipinski definition) is 4. The molecule has 2 aliphatic heterocycles. The van der Waals surface area contributed by atoms with E-state index in [1.54, 1.807) is 11.8 Å². The number of likely N-dealkylation sites (tertiary alicyclic amines) is 1. The molecule has 0 spiro atoms. The Labute approximate surface area is 149 Å². The van der Waals surface area contributed by atoms with Crippen molar-refractivity contribution in [3.8, 4) is 0 Å². The molecule has 0 atom stereocenters. The van der Waals surface area contributed by atoms with E-state index in [2.05, 4.69) is 21.9 Å². The molecule has 0 N–H and O–H groups in total. The molecule has 0 aromatic heterocycles. The van der Waals surface area contributed by atoms with E-state index in [-0.39, 0.29) is 5.91 Å². The standard InChI is InChI=1S/C19H28N2O2S/c22-19(16-24-18-4-2-1-3-5-18)21-10-7-17(8-11-21)6-9-20-12-14-23-15-13-20/h1-5,17H,6-16H2. The van der Waals surface area contributed by atoms with Crippen LogP contribution < -0.4 is 0 Å². The molecule has 1 aromatic rings. The van der Waals surface area contributed by atoms with Crippen LogP contribution in [0, 0.1) is 5.92 Å². The fraction of sp³-hybridized carbons (Fsp3) is 0.632. The maximum Gasteiger partial charge on any atom is 0.232 e. The number of carbonyl (C=O) groups excluding carboxylic acids is 1. The third-order valence-corrected chi connectivity index (χ3v) is 6.03. The largest absolute Gasteiger partial charge is 0.379 e. The predicted octanol–water partition coefficient (Wildman–Crippen LogP) is 2.74. The van der Waals surface area contributed by atoms with Crippen LogP contribution in [0.2, 0.25) is 0 Å². The van der Waals surface area contributed by atoms with Gasteiger partial charge in [-0.05, 0) is 43.9 Å². The first-order valence-corrected chi connectivity index (χ1v) is 10.1. The van der Waals surface area contributed by atoms with Gasteiger partial charge in [0.2, 0.25) is 5.91 Å². The number of morpholine rings is 1. The van der Waals surface area contributed by atoms with Crippen LogP contribution in [-0.4, -0.2) is 67.4 Å². The van der Waals surface area contributed by atoms with Crippen LogP contribution in [0.4, 0.5) is 0 Å². The highest BCUT2D eigenvalue weighted by Crippen LogP contribution is 2.23. The average molecular weight is 349 g/mol. The van der Waals surface area contributed by atoms with Crippen LogP contribution in [0.5, 0.6) is 0 Å². The fourth-order valence-corrected chi connectivity index (χ4v) is 4.24. The van der Waals surface area contributed by atoms with Gasteiger partial charge in [0.05, 0.1) is 19.0 Å². The number of rotatable bonds is 6. The van der Waals surface area contributed by atoms with E-state index in [4.69, 9.17) is 4.74 Å². The van der Waals surface area contributed by atoms with E-state index in [0.29, 0.717) is 5.75 Å². The van der Waals surface area contributed by atoms with Crippen molar-refractivity contribution in [2.75, 3.05) is 51.7 Å². The minimum Gasteiger partial charge on any atom is -0.379 e. The zero-order chi connectivity index (χ0) is 16.6. The summed E-state index contributed by atoms with van der Waals surface area (Å²) < 4.78 is 5.40. The summed E-state index contributed by atoms with van der Waals surface area (Å²) in [5, 5.41) is 0. The second-order valence-corrected chi connectivity index (χ2v) is 7.72. The van der Waals surface area contributed by atoms with Crippen molar-refractivity contribution in [3.63, 3.8) is 0 Å². The monoisotopic (exact) mass is 348 g/mol. The Kier molecular flexibility index (Phi) is 6.99. The number of piperidine rings is 1. The zero-order valence-corrected chi connectivity index (χ0v) is 15.2. The van der Waals surface area contributed by atoms with Gasteiger partial charge < -0.3 is 9.64 Å². The van der Waals surface area contributed by atoms with Crippen LogP contribution in [0.15, 0.2) is 35.2 Å². The predicted molar refractivity (Wildman–Crippen MR) is 98.3 cm³/mol. The van der Waals surface area contributed by atoms with E-state index >= 15 is 0 Å². The van der Waals surface area contributed by atoms with Crippen LogP contribution in [0.1, 0.15) is 19.3 Å². The summed E-state index contributed by atoms with van der Waals surface area (Å²) in [6.07, 6.45) is 3.58. The van der Waals surface area contributed by atoms with Crippen molar-refractivity contribution in [2.24, 2.45) is 5.92 Å². The van der Waals surface area contributed by atoms with Gasteiger partial charge >= 0.3 is 0 Å². The number of amides is 1. The summed E-state index contributed by atoms with van der Waals surface area (Å²) in [5.74, 6) is 1.62. The van der Waals surface area contributed by atoms with Crippen molar-refractivity contribution in [1.29, 1.82) is 0 Å². The summed E-state index contributed by atoms with van der Waals surface area (Å²) in [4.78, 5) is 18.1. The lowest BCUT2D eigenvalue weighted by Crippen LogP contribution is -2.41. The zero-order valence-electron chi connectivity index (χ0n) is 14.4. The maximum absolute atomic E-state index is 12.4. The Bertz CT molecular complexity index is 497. The van der Waals surface area contributed by atoms with Gasteiger partial charge in [0, 0.05) is 31.1 Å². The van der Waals surface area contributed by atoms with E-state index in [9.17, 15) is 4.79 Å². The van der Waals surface area contributed by atoms with E-state index in [1.165, 1.54) is 17.9 Å². The Morgan fingerprint density at radius 2 is 1.79 bits per heavy atom. The smallest absolute Gasteiger partial charge is 0.232 e. The summed E-state index contributed by atoms with van der Waals surface area (Å²) in [6, 6.07) is 10.2. The first-order chi connectivity index (χ1) is 11.8. The number of benzene rings is 1. The van der Waals surface area contributed by atoms with Crippen molar-refractivity contribution in [1.82, 2.24) is 9.80 Å². The lowest BCUT2D eigenvalue weighted by Gasteiger charge is -2.34. The molecular formula is C19H28N2O2S. The molecule has 132 valence electrons. The maximum atomic E-state index is 12.4. The Hall–Kier alpha value is -1.04. The minimum absolute atomic E-state index is 0.287.